The number of anilines is 1. The Labute approximate surface area is 182 Å². The molecule has 1 aromatic carbocycles. The molecule has 2 aromatic rings. The van der Waals surface area contributed by atoms with Gasteiger partial charge in [-0.15, -0.1) is 0 Å². The van der Waals surface area contributed by atoms with Crippen molar-refractivity contribution in [1.82, 2.24) is 14.9 Å². The van der Waals surface area contributed by atoms with Crippen LogP contribution in [0.3, 0.4) is 0 Å². The summed E-state index contributed by atoms with van der Waals surface area (Å²) >= 11 is 0. The van der Waals surface area contributed by atoms with Gasteiger partial charge in [0.2, 0.25) is 5.91 Å². The molecule has 4 heterocycles. The van der Waals surface area contributed by atoms with Crippen molar-refractivity contribution >= 4 is 22.5 Å². The highest BCUT2D eigenvalue weighted by atomic mass is 16.6. The van der Waals surface area contributed by atoms with Crippen LogP contribution in [-0.2, 0) is 9.53 Å². The summed E-state index contributed by atoms with van der Waals surface area (Å²) in [5, 5.41) is 3.93. The number of piperidine rings is 1. The Kier molecular flexibility index (Phi) is 5.87. The number of benzene rings is 1. The van der Waals surface area contributed by atoms with E-state index in [2.05, 4.69) is 20.2 Å². The predicted octanol–water partition coefficient (Wildman–Crippen LogP) is 3.62. The molecule has 164 valence electrons. The third-order valence-electron chi connectivity index (χ3n) is 6.60. The fourth-order valence-electron chi connectivity index (χ4n) is 4.91. The normalized spacial score (nSPS) is 26.0. The van der Waals surface area contributed by atoms with E-state index < -0.39 is 0 Å². The third-order valence-corrected chi connectivity index (χ3v) is 6.60. The zero-order valence-corrected chi connectivity index (χ0v) is 18.0. The van der Waals surface area contributed by atoms with Crippen LogP contribution in [-0.4, -0.2) is 58.7 Å². The molecule has 1 amide bonds. The van der Waals surface area contributed by atoms with E-state index in [1.807, 2.05) is 25.1 Å². The fraction of sp³-hybridized carbons (Fsp3) is 0.542. The van der Waals surface area contributed by atoms with Crippen molar-refractivity contribution in [2.75, 3.05) is 25.0 Å². The lowest BCUT2D eigenvalue weighted by molar-refractivity contribution is -0.111. The van der Waals surface area contributed by atoms with E-state index in [0.717, 1.165) is 55.5 Å². The molecule has 0 radical (unpaired) electrons. The van der Waals surface area contributed by atoms with Crippen molar-refractivity contribution in [3.05, 3.63) is 36.3 Å². The molecular formula is C24H30N4O3. The molecule has 1 aromatic heterocycles. The molecule has 0 aliphatic carbocycles. The Morgan fingerprint density at radius 1 is 1.26 bits per heavy atom. The van der Waals surface area contributed by atoms with Gasteiger partial charge in [0.05, 0.1) is 23.4 Å². The first-order valence-corrected chi connectivity index (χ1v) is 11.4. The maximum atomic E-state index is 12.7. The van der Waals surface area contributed by atoms with Crippen LogP contribution >= 0.6 is 0 Å². The zero-order valence-electron chi connectivity index (χ0n) is 18.0. The summed E-state index contributed by atoms with van der Waals surface area (Å²) in [6, 6.07) is 3.83. The number of carbonyl (C=O) groups excluding carboxylic acids is 1. The van der Waals surface area contributed by atoms with Crippen molar-refractivity contribution in [2.45, 2.75) is 63.8 Å². The molecule has 0 spiro atoms. The number of nitrogens with one attached hydrogen (secondary N) is 1. The summed E-state index contributed by atoms with van der Waals surface area (Å²) in [6.45, 7) is 4.97. The van der Waals surface area contributed by atoms with Crippen molar-refractivity contribution in [1.29, 1.82) is 0 Å². The van der Waals surface area contributed by atoms with Crippen molar-refractivity contribution in [3.63, 3.8) is 0 Å². The summed E-state index contributed by atoms with van der Waals surface area (Å²) < 4.78 is 12.3. The highest BCUT2D eigenvalue weighted by Gasteiger charge is 2.42. The van der Waals surface area contributed by atoms with Crippen LogP contribution in [0.1, 0.15) is 44.2 Å². The molecule has 3 unspecified atom stereocenters. The average Bonchev–Trinajstić information content (AvgIpc) is 3.39. The van der Waals surface area contributed by atoms with Crippen LogP contribution in [0.4, 0.5) is 5.69 Å². The quantitative estimate of drug-likeness (QED) is 0.717. The Bertz CT molecular complexity index is 986. The van der Waals surface area contributed by atoms with E-state index >= 15 is 0 Å². The molecular weight excluding hydrogens is 392 g/mol. The van der Waals surface area contributed by atoms with Crippen molar-refractivity contribution in [2.24, 2.45) is 0 Å². The first-order valence-electron chi connectivity index (χ1n) is 11.4. The lowest BCUT2D eigenvalue weighted by Crippen LogP contribution is -2.29. The number of amides is 1. The minimum atomic E-state index is -0.153. The summed E-state index contributed by atoms with van der Waals surface area (Å²) in [6.07, 6.45) is 12.4. The molecule has 3 saturated heterocycles. The summed E-state index contributed by atoms with van der Waals surface area (Å²) in [5.41, 5.74) is 2.34. The Balaban J connectivity index is 1.34. The molecule has 2 bridgehead atoms. The largest absolute Gasteiger partial charge is 0.485 e. The number of hydrogen-bond acceptors (Lipinski definition) is 6. The van der Waals surface area contributed by atoms with Gasteiger partial charge in [-0.1, -0.05) is 12.5 Å². The number of hydrogen-bond donors (Lipinski definition) is 1. The van der Waals surface area contributed by atoms with E-state index in [1.165, 1.54) is 19.3 Å². The molecule has 3 atom stereocenters. The Morgan fingerprint density at radius 3 is 2.90 bits per heavy atom. The van der Waals surface area contributed by atoms with Crippen LogP contribution in [0, 0.1) is 6.92 Å². The van der Waals surface area contributed by atoms with Gasteiger partial charge in [-0.05, 0) is 51.8 Å². The average molecular weight is 423 g/mol. The Morgan fingerprint density at radius 2 is 2.13 bits per heavy atom. The minimum Gasteiger partial charge on any atom is -0.485 e. The van der Waals surface area contributed by atoms with E-state index in [-0.39, 0.29) is 18.1 Å². The monoisotopic (exact) mass is 422 g/mol. The van der Waals surface area contributed by atoms with Crippen LogP contribution in [0.15, 0.2) is 30.6 Å². The molecule has 3 fully saturated rings. The zero-order chi connectivity index (χ0) is 21.2. The van der Waals surface area contributed by atoms with Gasteiger partial charge in [0.25, 0.3) is 0 Å². The molecule has 31 heavy (non-hydrogen) atoms. The number of likely N-dealkylation sites (tertiary alicyclic amines) is 1. The predicted molar refractivity (Wildman–Crippen MR) is 119 cm³/mol. The second kappa shape index (κ2) is 8.93. The highest BCUT2D eigenvalue weighted by Crippen LogP contribution is 2.39. The van der Waals surface area contributed by atoms with E-state index in [4.69, 9.17) is 9.47 Å². The number of carbonyl (C=O) groups is 1. The van der Waals surface area contributed by atoms with Crippen LogP contribution in [0.25, 0.3) is 10.9 Å². The number of nitrogens with zero attached hydrogens (tertiary/aromatic N) is 3. The summed E-state index contributed by atoms with van der Waals surface area (Å²) in [4.78, 5) is 23.7. The van der Waals surface area contributed by atoms with Crippen molar-refractivity contribution in [3.8, 4) is 5.75 Å². The van der Waals surface area contributed by atoms with E-state index in [0.29, 0.717) is 17.5 Å². The van der Waals surface area contributed by atoms with Gasteiger partial charge >= 0.3 is 0 Å². The molecule has 3 aliphatic rings. The van der Waals surface area contributed by atoms with Crippen LogP contribution in [0.5, 0.6) is 5.75 Å². The maximum Gasteiger partial charge on any atom is 0.248 e. The lowest BCUT2D eigenvalue weighted by Gasteiger charge is -2.24. The van der Waals surface area contributed by atoms with E-state index in [1.54, 1.807) is 12.4 Å². The number of fused-ring (bicyclic) bond motifs is 3. The molecule has 7 nitrogen and oxygen atoms in total. The SMILES string of the molecule is Cc1ncnc2cc(OC3CC4CCC3O4)c(NC(=O)/C=C/CN3CCCCC3)cc12. The van der Waals surface area contributed by atoms with Gasteiger partial charge in [-0.2, -0.15) is 0 Å². The Hall–Kier alpha value is -2.51. The highest BCUT2D eigenvalue weighted by molar-refractivity contribution is 6.02. The van der Waals surface area contributed by atoms with Gasteiger partial charge in [-0.3, -0.25) is 9.69 Å². The smallest absolute Gasteiger partial charge is 0.248 e. The maximum absolute atomic E-state index is 12.7. The second-order valence-electron chi connectivity index (χ2n) is 8.84. The summed E-state index contributed by atoms with van der Waals surface area (Å²) in [5.74, 6) is 0.490. The minimum absolute atomic E-state index is 0.0180. The number of aryl methyl sites for hydroxylation is 1. The summed E-state index contributed by atoms with van der Waals surface area (Å²) in [7, 11) is 0. The fourth-order valence-corrected chi connectivity index (χ4v) is 4.91. The standard InChI is InChI=1S/C24H30N4O3/c1-16-18-13-20(27-24(29)6-5-11-28-9-3-2-4-10-28)22(14-19(18)26-15-25-16)31-23-12-17-7-8-21(23)30-17/h5-6,13-15,17,21,23H,2-4,7-12H2,1H3,(H,27,29)/b6-5+. The van der Waals surface area contributed by atoms with Gasteiger partial charge in [0.15, 0.2) is 0 Å². The van der Waals surface area contributed by atoms with Gasteiger partial charge in [0, 0.05) is 36.2 Å². The van der Waals surface area contributed by atoms with Crippen LogP contribution in [0.2, 0.25) is 0 Å². The first-order chi connectivity index (χ1) is 15.2. The second-order valence-corrected chi connectivity index (χ2v) is 8.84. The van der Waals surface area contributed by atoms with Gasteiger partial charge in [-0.25, -0.2) is 9.97 Å². The number of ether oxygens (including phenoxy) is 2. The number of aromatic nitrogens is 2. The third kappa shape index (κ3) is 4.57. The first kappa shape index (κ1) is 20.4. The number of rotatable bonds is 6. The molecule has 0 saturated carbocycles. The van der Waals surface area contributed by atoms with Crippen molar-refractivity contribution < 1.29 is 14.3 Å². The van der Waals surface area contributed by atoms with Gasteiger partial charge in [0.1, 0.15) is 18.2 Å². The molecule has 3 aliphatic heterocycles. The molecule has 5 rings (SSSR count). The molecule has 7 heteroatoms. The topological polar surface area (TPSA) is 76.6 Å². The van der Waals surface area contributed by atoms with Gasteiger partial charge < -0.3 is 14.8 Å². The molecule has 1 N–H and O–H groups in total. The lowest BCUT2D eigenvalue weighted by atomic mass is 9.98. The van der Waals surface area contributed by atoms with Crippen LogP contribution < -0.4 is 10.1 Å². The van der Waals surface area contributed by atoms with E-state index in [9.17, 15) is 4.79 Å².